The lowest BCUT2D eigenvalue weighted by Gasteiger charge is -2.24. The van der Waals surface area contributed by atoms with Crippen LogP contribution in [0.3, 0.4) is 0 Å². The van der Waals surface area contributed by atoms with Crippen LogP contribution < -0.4 is 10.1 Å². The number of ether oxygens (including phenoxy) is 1. The maximum atomic E-state index is 12.5. The molecule has 3 rings (SSSR count). The van der Waals surface area contributed by atoms with Crippen LogP contribution in [0, 0.1) is 0 Å². The molecule has 2 amide bonds. The number of pyridine rings is 1. The van der Waals surface area contributed by atoms with Gasteiger partial charge in [-0.05, 0) is 54.6 Å². The fourth-order valence-electron chi connectivity index (χ4n) is 2.93. The number of urea groups is 1. The molecule has 1 N–H and O–H groups in total. The third-order valence-corrected chi connectivity index (χ3v) is 4.74. The fraction of sp³-hybridized carbons (Fsp3) is 0.444. The van der Waals surface area contributed by atoms with Crippen LogP contribution in [0.15, 0.2) is 35.2 Å². The zero-order valence-electron chi connectivity index (χ0n) is 14.1. The van der Waals surface area contributed by atoms with Gasteiger partial charge in [0.2, 0.25) is 5.88 Å². The van der Waals surface area contributed by atoms with Crippen LogP contribution in [0.2, 0.25) is 0 Å². The van der Waals surface area contributed by atoms with Gasteiger partial charge in [0.05, 0.1) is 12.1 Å². The van der Waals surface area contributed by atoms with Gasteiger partial charge in [-0.25, -0.2) is 9.78 Å². The van der Waals surface area contributed by atoms with Crippen molar-refractivity contribution in [2.45, 2.75) is 45.4 Å². The molecule has 1 aliphatic heterocycles. The lowest BCUT2D eigenvalue weighted by atomic mass is 10.1. The van der Waals surface area contributed by atoms with E-state index in [-0.39, 0.29) is 18.2 Å². The predicted octanol–water partition coefficient (Wildman–Crippen LogP) is 3.98. The standard InChI is InChI=1S/C18H23N3O2S/c1-13(2)23-17-6-5-14(10-19-17)11-20-18(22)21-8-3-4-16(21)15-7-9-24-12-15/h5-7,9-10,12-13,16H,3-4,8,11H2,1-2H3,(H,20,22)/t16-/m0/s1. The van der Waals surface area contributed by atoms with E-state index in [1.165, 1.54) is 5.56 Å². The number of thiophene rings is 1. The molecule has 0 radical (unpaired) electrons. The molecule has 2 aromatic heterocycles. The van der Waals surface area contributed by atoms with Gasteiger partial charge in [-0.2, -0.15) is 11.3 Å². The van der Waals surface area contributed by atoms with Crippen LogP contribution in [0.1, 0.15) is 43.9 Å². The summed E-state index contributed by atoms with van der Waals surface area (Å²) in [6, 6.07) is 6.08. The first-order valence-corrected chi connectivity index (χ1v) is 9.26. The summed E-state index contributed by atoms with van der Waals surface area (Å²) in [7, 11) is 0. The number of aromatic nitrogens is 1. The van der Waals surface area contributed by atoms with E-state index in [0.29, 0.717) is 12.4 Å². The Kier molecular flexibility index (Phi) is 5.35. The predicted molar refractivity (Wildman–Crippen MR) is 95.2 cm³/mol. The van der Waals surface area contributed by atoms with Crippen LogP contribution in [0.4, 0.5) is 4.79 Å². The number of hydrogen-bond donors (Lipinski definition) is 1. The number of likely N-dealkylation sites (tertiary alicyclic amines) is 1. The average Bonchev–Trinajstić information content (AvgIpc) is 3.24. The van der Waals surface area contributed by atoms with Crippen molar-refractivity contribution in [1.82, 2.24) is 15.2 Å². The molecule has 0 aromatic carbocycles. The number of nitrogens with one attached hydrogen (secondary N) is 1. The van der Waals surface area contributed by atoms with Crippen molar-refractivity contribution in [2.75, 3.05) is 6.54 Å². The highest BCUT2D eigenvalue weighted by Gasteiger charge is 2.29. The number of rotatable bonds is 5. The van der Waals surface area contributed by atoms with E-state index in [1.807, 2.05) is 30.9 Å². The largest absolute Gasteiger partial charge is 0.475 e. The molecular formula is C18H23N3O2S. The van der Waals surface area contributed by atoms with Crippen molar-refractivity contribution < 1.29 is 9.53 Å². The minimum Gasteiger partial charge on any atom is -0.475 e. The molecule has 0 bridgehead atoms. The quantitative estimate of drug-likeness (QED) is 0.892. The molecule has 1 aliphatic rings. The number of nitrogens with zero attached hydrogens (tertiary/aromatic N) is 2. The van der Waals surface area contributed by atoms with Gasteiger partial charge >= 0.3 is 6.03 Å². The van der Waals surface area contributed by atoms with E-state index in [2.05, 4.69) is 27.1 Å². The molecule has 3 heterocycles. The van der Waals surface area contributed by atoms with Gasteiger partial charge in [-0.1, -0.05) is 6.07 Å². The van der Waals surface area contributed by atoms with Gasteiger partial charge in [0.25, 0.3) is 0 Å². The Morgan fingerprint density at radius 1 is 1.46 bits per heavy atom. The molecule has 6 heteroatoms. The fourth-order valence-corrected chi connectivity index (χ4v) is 3.63. The van der Waals surface area contributed by atoms with E-state index in [9.17, 15) is 4.79 Å². The van der Waals surface area contributed by atoms with Crippen molar-refractivity contribution in [2.24, 2.45) is 0 Å². The number of carbonyl (C=O) groups is 1. The van der Waals surface area contributed by atoms with E-state index < -0.39 is 0 Å². The first-order chi connectivity index (χ1) is 11.6. The number of amides is 2. The van der Waals surface area contributed by atoms with Gasteiger partial charge in [0, 0.05) is 25.4 Å². The molecule has 24 heavy (non-hydrogen) atoms. The lowest BCUT2D eigenvalue weighted by Crippen LogP contribution is -2.39. The lowest BCUT2D eigenvalue weighted by molar-refractivity contribution is 0.192. The molecule has 128 valence electrons. The zero-order chi connectivity index (χ0) is 16.9. The van der Waals surface area contributed by atoms with Crippen LogP contribution in [0.5, 0.6) is 5.88 Å². The monoisotopic (exact) mass is 345 g/mol. The minimum absolute atomic E-state index is 0.00814. The number of hydrogen-bond acceptors (Lipinski definition) is 4. The Hall–Kier alpha value is -2.08. The maximum absolute atomic E-state index is 12.5. The van der Waals surface area contributed by atoms with Gasteiger partial charge in [-0.3, -0.25) is 0 Å². The van der Waals surface area contributed by atoms with Crippen molar-refractivity contribution in [3.05, 3.63) is 46.3 Å². The van der Waals surface area contributed by atoms with Crippen molar-refractivity contribution >= 4 is 17.4 Å². The molecule has 2 aromatic rings. The summed E-state index contributed by atoms with van der Waals surface area (Å²) in [6.07, 6.45) is 3.94. The summed E-state index contributed by atoms with van der Waals surface area (Å²) in [6.45, 7) is 5.22. The number of carbonyl (C=O) groups excluding carboxylic acids is 1. The highest BCUT2D eigenvalue weighted by atomic mass is 32.1. The van der Waals surface area contributed by atoms with Gasteiger partial charge in [0.1, 0.15) is 0 Å². The van der Waals surface area contributed by atoms with Gasteiger partial charge in [0.15, 0.2) is 0 Å². The van der Waals surface area contributed by atoms with E-state index in [1.54, 1.807) is 17.5 Å². The zero-order valence-corrected chi connectivity index (χ0v) is 14.9. The summed E-state index contributed by atoms with van der Waals surface area (Å²) in [4.78, 5) is 18.7. The van der Waals surface area contributed by atoms with E-state index in [4.69, 9.17) is 4.74 Å². The molecule has 0 saturated carbocycles. The summed E-state index contributed by atoms with van der Waals surface area (Å²) in [5.41, 5.74) is 2.20. The van der Waals surface area contributed by atoms with E-state index >= 15 is 0 Å². The summed E-state index contributed by atoms with van der Waals surface area (Å²) in [5.74, 6) is 0.608. The SMILES string of the molecule is CC(C)Oc1ccc(CNC(=O)N2CCC[C@H]2c2ccsc2)cn1. The van der Waals surface area contributed by atoms with Crippen LogP contribution in [-0.4, -0.2) is 28.6 Å². The summed E-state index contributed by atoms with van der Waals surface area (Å²) < 4.78 is 5.53. The molecule has 5 nitrogen and oxygen atoms in total. The Morgan fingerprint density at radius 3 is 3.00 bits per heavy atom. The Labute approximate surface area is 146 Å². The maximum Gasteiger partial charge on any atom is 0.318 e. The molecule has 0 unspecified atom stereocenters. The van der Waals surface area contributed by atoms with Crippen LogP contribution >= 0.6 is 11.3 Å². The Bertz CT molecular complexity index is 655. The normalized spacial score (nSPS) is 17.3. The van der Waals surface area contributed by atoms with Crippen molar-refractivity contribution in [3.63, 3.8) is 0 Å². The Morgan fingerprint density at radius 2 is 2.33 bits per heavy atom. The molecule has 0 aliphatic carbocycles. The van der Waals surface area contributed by atoms with E-state index in [0.717, 1.165) is 24.9 Å². The average molecular weight is 345 g/mol. The highest BCUT2D eigenvalue weighted by Crippen LogP contribution is 2.32. The third-order valence-electron chi connectivity index (χ3n) is 4.04. The molecule has 0 spiro atoms. The summed E-state index contributed by atoms with van der Waals surface area (Å²) in [5, 5.41) is 7.20. The molecule has 1 saturated heterocycles. The first kappa shape index (κ1) is 16.8. The highest BCUT2D eigenvalue weighted by molar-refractivity contribution is 7.07. The van der Waals surface area contributed by atoms with Crippen molar-refractivity contribution in [1.29, 1.82) is 0 Å². The van der Waals surface area contributed by atoms with Crippen LogP contribution in [0.25, 0.3) is 0 Å². The second kappa shape index (κ2) is 7.66. The smallest absolute Gasteiger partial charge is 0.318 e. The first-order valence-electron chi connectivity index (χ1n) is 8.31. The minimum atomic E-state index is -0.00814. The van der Waals surface area contributed by atoms with Crippen molar-refractivity contribution in [3.8, 4) is 5.88 Å². The molecule has 1 fully saturated rings. The Balaban J connectivity index is 1.55. The van der Waals surface area contributed by atoms with Gasteiger partial charge in [-0.15, -0.1) is 0 Å². The second-order valence-electron chi connectivity index (χ2n) is 6.24. The van der Waals surface area contributed by atoms with Crippen LogP contribution in [-0.2, 0) is 6.54 Å². The molecular weight excluding hydrogens is 322 g/mol. The third kappa shape index (κ3) is 4.06. The second-order valence-corrected chi connectivity index (χ2v) is 7.02. The van der Waals surface area contributed by atoms with Gasteiger partial charge < -0.3 is 15.0 Å². The molecule has 1 atom stereocenters. The summed E-state index contributed by atoms with van der Waals surface area (Å²) >= 11 is 1.68. The topological polar surface area (TPSA) is 54.5 Å².